The molecule has 1 aromatic carbocycles. The van der Waals surface area contributed by atoms with Crippen molar-refractivity contribution < 1.29 is 0 Å². The van der Waals surface area contributed by atoms with E-state index >= 15 is 0 Å². The Morgan fingerprint density at radius 1 is 1.25 bits per heavy atom. The van der Waals surface area contributed by atoms with Gasteiger partial charge in [-0.1, -0.05) is 75.9 Å². The lowest BCUT2D eigenvalue weighted by Crippen LogP contribution is -1.90. The fourth-order valence-corrected chi connectivity index (χ4v) is 3.76. The maximum Gasteiger partial charge on any atom is 0.0960 e. The van der Waals surface area contributed by atoms with E-state index in [-0.39, 0.29) is 3.74 Å². The third kappa shape index (κ3) is 2.56. The first-order valence-corrected chi connectivity index (χ1v) is 7.02. The lowest BCUT2D eigenvalue weighted by Gasteiger charge is -2.10. The highest BCUT2D eigenvalue weighted by Gasteiger charge is 2.11. The van der Waals surface area contributed by atoms with Gasteiger partial charge in [-0.3, -0.25) is 0 Å². The Morgan fingerprint density at radius 2 is 1.92 bits per heavy atom. The number of rotatable bonds is 2. The molecule has 0 heterocycles. The Labute approximate surface area is 106 Å². The highest BCUT2D eigenvalue weighted by atomic mass is 79.9. The Bertz CT molecular complexity index is 270. The molecule has 0 aliphatic carbocycles. The predicted octanol–water partition coefficient (Wildman–Crippen LogP) is 5.13. The second-order valence-corrected chi connectivity index (χ2v) is 6.72. The summed E-state index contributed by atoms with van der Waals surface area (Å²) in [7, 11) is 0. The SMILES string of the molecule is BrCc1cccc(Br)c1C(Br)Br. The summed E-state index contributed by atoms with van der Waals surface area (Å²) in [6.45, 7) is 0. The summed E-state index contributed by atoms with van der Waals surface area (Å²) in [6, 6.07) is 6.17. The molecule has 0 radical (unpaired) electrons. The van der Waals surface area contributed by atoms with Gasteiger partial charge in [0, 0.05) is 9.80 Å². The molecule has 0 saturated carbocycles. The van der Waals surface area contributed by atoms with Crippen molar-refractivity contribution in [2.45, 2.75) is 9.07 Å². The molecule has 0 aromatic heterocycles. The average Bonchev–Trinajstić information content (AvgIpc) is 2.03. The molecular formula is C8H6Br4. The number of alkyl halides is 3. The van der Waals surface area contributed by atoms with Gasteiger partial charge in [0.15, 0.2) is 0 Å². The van der Waals surface area contributed by atoms with Crippen molar-refractivity contribution in [3.63, 3.8) is 0 Å². The summed E-state index contributed by atoms with van der Waals surface area (Å²) in [5.74, 6) is 0. The third-order valence-corrected chi connectivity index (χ3v) is 3.72. The van der Waals surface area contributed by atoms with Crippen molar-refractivity contribution in [2.75, 3.05) is 0 Å². The van der Waals surface area contributed by atoms with Crippen LogP contribution in [0.15, 0.2) is 22.7 Å². The van der Waals surface area contributed by atoms with Gasteiger partial charge in [0.05, 0.1) is 3.74 Å². The molecule has 0 fully saturated rings. The van der Waals surface area contributed by atoms with E-state index in [1.165, 1.54) is 11.1 Å². The van der Waals surface area contributed by atoms with Crippen molar-refractivity contribution in [3.8, 4) is 0 Å². The predicted molar refractivity (Wildman–Crippen MR) is 67.4 cm³/mol. The molecule has 0 atom stereocenters. The van der Waals surface area contributed by atoms with Gasteiger partial charge < -0.3 is 0 Å². The number of hydrogen-bond acceptors (Lipinski definition) is 0. The van der Waals surface area contributed by atoms with E-state index < -0.39 is 0 Å². The largest absolute Gasteiger partial charge is 0.0960 e. The van der Waals surface area contributed by atoms with E-state index in [0.29, 0.717) is 0 Å². The first-order chi connectivity index (χ1) is 5.66. The van der Waals surface area contributed by atoms with E-state index in [0.717, 1.165) is 9.80 Å². The summed E-state index contributed by atoms with van der Waals surface area (Å²) >= 11 is 13.9. The molecule has 0 amide bonds. The lowest BCUT2D eigenvalue weighted by atomic mass is 10.1. The molecule has 0 spiro atoms. The van der Waals surface area contributed by atoms with Gasteiger partial charge in [-0.05, 0) is 17.2 Å². The van der Waals surface area contributed by atoms with Crippen molar-refractivity contribution in [1.29, 1.82) is 0 Å². The molecule has 66 valence electrons. The highest BCUT2D eigenvalue weighted by Crippen LogP contribution is 2.37. The summed E-state index contributed by atoms with van der Waals surface area (Å²) in [5.41, 5.74) is 2.53. The highest BCUT2D eigenvalue weighted by molar-refractivity contribution is 9.24. The van der Waals surface area contributed by atoms with Gasteiger partial charge in [-0.15, -0.1) is 0 Å². The Balaban J connectivity index is 3.20. The van der Waals surface area contributed by atoms with Crippen LogP contribution in [0, 0.1) is 0 Å². The van der Waals surface area contributed by atoms with Crippen LogP contribution in [0.1, 0.15) is 14.9 Å². The fraction of sp³-hybridized carbons (Fsp3) is 0.250. The van der Waals surface area contributed by atoms with Crippen LogP contribution in [0.2, 0.25) is 0 Å². The van der Waals surface area contributed by atoms with Crippen molar-refractivity contribution in [2.24, 2.45) is 0 Å². The van der Waals surface area contributed by atoms with Crippen LogP contribution < -0.4 is 0 Å². The minimum absolute atomic E-state index is 0.202. The maximum atomic E-state index is 3.51. The minimum atomic E-state index is 0.202. The van der Waals surface area contributed by atoms with Gasteiger partial charge in [-0.25, -0.2) is 0 Å². The molecule has 12 heavy (non-hydrogen) atoms. The third-order valence-electron chi connectivity index (χ3n) is 1.51. The topological polar surface area (TPSA) is 0 Å². The van der Waals surface area contributed by atoms with Crippen LogP contribution in [0.5, 0.6) is 0 Å². The molecule has 1 aromatic rings. The molecule has 0 aliphatic rings. The molecule has 0 aliphatic heterocycles. The zero-order valence-corrected chi connectivity index (χ0v) is 12.4. The van der Waals surface area contributed by atoms with Crippen LogP contribution in [0.3, 0.4) is 0 Å². The standard InChI is InChI=1S/C8H6Br4/c9-4-5-2-1-3-6(10)7(5)8(11)12/h1-3,8H,4H2. The van der Waals surface area contributed by atoms with Crippen molar-refractivity contribution >= 4 is 63.7 Å². The Hall–Kier alpha value is 1.14. The summed E-state index contributed by atoms with van der Waals surface area (Å²) in [5, 5.41) is 0.871. The number of hydrogen-bond donors (Lipinski definition) is 0. The fourth-order valence-electron chi connectivity index (χ4n) is 0.943. The maximum absolute atomic E-state index is 3.51. The van der Waals surface area contributed by atoms with E-state index in [4.69, 9.17) is 0 Å². The van der Waals surface area contributed by atoms with Crippen LogP contribution in [-0.4, -0.2) is 0 Å². The van der Waals surface area contributed by atoms with Gasteiger partial charge in [0.2, 0.25) is 0 Å². The monoisotopic (exact) mass is 418 g/mol. The van der Waals surface area contributed by atoms with Gasteiger partial charge in [-0.2, -0.15) is 0 Å². The summed E-state index contributed by atoms with van der Waals surface area (Å²) in [6.07, 6.45) is 0. The van der Waals surface area contributed by atoms with Crippen LogP contribution in [-0.2, 0) is 5.33 Å². The first-order valence-electron chi connectivity index (χ1n) is 3.28. The van der Waals surface area contributed by atoms with E-state index in [1.54, 1.807) is 0 Å². The average molecular weight is 422 g/mol. The second kappa shape index (κ2) is 5.13. The quantitative estimate of drug-likeness (QED) is 0.581. The van der Waals surface area contributed by atoms with Crippen LogP contribution >= 0.6 is 63.7 Å². The molecule has 1 rings (SSSR count). The van der Waals surface area contributed by atoms with Crippen molar-refractivity contribution in [3.05, 3.63) is 33.8 Å². The lowest BCUT2D eigenvalue weighted by molar-refractivity contribution is 1.27. The van der Waals surface area contributed by atoms with Crippen LogP contribution in [0.25, 0.3) is 0 Å². The molecule has 0 bridgehead atoms. The smallest absolute Gasteiger partial charge is 0.0876 e. The van der Waals surface area contributed by atoms with E-state index in [2.05, 4.69) is 69.8 Å². The van der Waals surface area contributed by atoms with Gasteiger partial charge >= 0.3 is 0 Å². The molecule has 0 saturated heterocycles. The normalized spacial score (nSPS) is 10.8. The molecule has 0 unspecified atom stereocenters. The Kier molecular flexibility index (Phi) is 4.79. The zero-order valence-electron chi connectivity index (χ0n) is 6.03. The summed E-state index contributed by atoms with van der Waals surface area (Å²) < 4.78 is 1.33. The second-order valence-electron chi connectivity index (χ2n) is 2.25. The zero-order chi connectivity index (χ0) is 9.14. The van der Waals surface area contributed by atoms with Crippen LogP contribution in [0.4, 0.5) is 0 Å². The summed E-state index contributed by atoms with van der Waals surface area (Å²) in [4.78, 5) is 0. The van der Waals surface area contributed by atoms with E-state index in [1.807, 2.05) is 12.1 Å². The van der Waals surface area contributed by atoms with Gasteiger partial charge in [0.25, 0.3) is 0 Å². The Morgan fingerprint density at radius 3 is 2.33 bits per heavy atom. The molecular weight excluding hydrogens is 416 g/mol. The molecule has 0 N–H and O–H groups in total. The molecule has 4 heteroatoms. The van der Waals surface area contributed by atoms with E-state index in [9.17, 15) is 0 Å². The first kappa shape index (κ1) is 11.2. The number of halogens is 4. The van der Waals surface area contributed by atoms with Crippen molar-refractivity contribution in [1.82, 2.24) is 0 Å². The van der Waals surface area contributed by atoms with Gasteiger partial charge in [0.1, 0.15) is 0 Å². The molecule has 0 nitrogen and oxygen atoms in total. The minimum Gasteiger partial charge on any atom is -0.0876 e. The number of benzene rings is 1.